The Balaban J connectivity index is 1.61. The van der Waals surface area contributed by atoms with Crippen molar-refractivity contribution in [3.05, 3.63) is 84.2 Å². The van der Waals surface area contributed by atoms with Crippen LogP contribution in [-0.4, -0.2) is 37.1 Å². The highest BCUT2D eigenvalue weighted by Crippen LogP contribution is 2.22. The lowest BCUT2D eigenvalue weighted by Crippen LogP contribution is -2.28. The Kier molecular flexibility index (Phi) is 6.91. The van der Waals surface area contributed by atoms with E-state index < -0.39 is 5.91 Å². The average Bonchev–Trinajstić information content (AvgIpc) is 2.76. The summed E-state index contributed by atoms with van der Waals surface area (Å²) in [7, 11) is 1.55. The summed E-state index contributed by atoms with van der Waals surface area (Å²) < 4.78 is 10.6. The summed E-state index contributed by atoms with van der Waals surface area (Å²) in [6.07, 6.45) is 0. The van der Waals surface area contributed by atoms with Gasteiger partial charge in [0.05, 0.1) is 6.61 Å². The Morgan fingerprint density at radius 3 is 2.17 bits per heavy atom. The van der Waals surface area contributed by atoms with Crippen molar-refractivity contribution in [3.8, 4) is 11.5 Å². The van der Waals surface area contributed by atoms with Crippen molar-refractivity contribution >= 4 is 17.5 Å². The molecule has 2 N–H and O–H groups in total. The first-order valence-electron chi connectivity index (χ1n) is 9.04. The van der Waals surface area contributed by atoms with Crippen LogP contribution in [0.1, 0.15) is 21.0 Å². The molecule has 3 aromatic rings. The lowest BCUT2D eigenvalue weighted by Gasteiger charge is -2.09. The molecule has 0 fully saturated rings. The molecule has 7 heteroatoms. The lowest BCUT2D eigenvalue weighted by atomic mass is 10.2. The van der Waals surface area contributed by atoms with E-state index >= 15 is 0 Å². The number of nitrogens with zero attached hydrogens (tertiary/aromatic N) is 1. The van der Waals surface area contributed by atoms with E-state index in [9.17, 15) is 9.59 Å². The van der Waals surface area contributed by atoms with Crippen LogP contribution in [0.2, 0.25) is 0 Å². The van der Waals surface area contributed by atoms with E-state index in [1.807, 2.05) is 30.3 Å². The van der Waals surface area contributed by atoms with Gasteiger partial charge in [0.2, 0.25) is 0 Å². The van der Waals surface area contributed by atoms with E-state index in [0.29, 0.717) is 24.6 Å². The molecule has 3 rings (SSSR count). The van der Waals surface area contributed by atoms with Crippen molar-refractivity contribution in [1.82, 2.24) is 10.3 Å². The highest BCUT2D eigenvalue weighted by Gasteiger charge is 2.12. The van der Waals surface area contributed by atoms with Gasteiger partial charge in [-0.05, 0) is 48.5 Å². The van der Waals surface area contributed by atoms with E-state index in [1.54, 1.807) is 49.6 Å². The third-order valence-corrected chi connectivity index (χ3v) is 3.90. The molecular weight excluding hydrogens is 370 g/mol. The summed E-state index contributed by atoms with van der Waals surface area (Å²) >= 11 is 0. The van der Waals surface area contributed by atoms with Gasteiger partial charge in [0.15, 0.2) is 0 Å². The van der Waals surface area contributed by atoms with Gasteiger partial charge in [0.1, 0.15) is 22.9 Å². The van der Waals surface area contributed by atoms with Crippen molar-refractivity contribution in [2.75, 3.05) is 25.6 Å². The highest BCUT2D eigenvalue weighted by molar-refractivity contribution is 6.03. The third-order valence-electron chi connectivity index (χ3n) is 3.90. The molecule has 0 atom stereocenters. The predicted molar refractivity (Wildman–Crippen MR) is 109 cm³/mol. The number of pyridine rings is 1. The second-order valence-corrected chi connectivity index (χ2v) is 6.05. The second kappa shape index (κ2) is 10.0. The quantitative estimate of drug-likeness (QED) is 0.574. The Labute approximate surface area is 168 Å². The normalized spacial score (nSPS) is 10.2. The lowest BCUT2D eigenvalue weighted by molar-refractivity contribution is 0.0932. The van der Waals surface area contributed by atoms with E-state index in [2.05, 4.69) is 15.6 Å². The van der Waals surface area contributed by atoms with Gasteiger partial charge in [0.25, 0.3) is 11.8 Å². The van der Waals surface area contributed by atoms with Gasteiger partial charge in [-0.15, -0.1) is 0 Å². The van der Waals surface area contributed by atoms with Crippen LogP contribution >= 0.6 is 0 Å². The van der Waals surface area contributed by atoms with Crippen molar-refractivity contribution < 1.29 is 19.1 Å². The third kappa shape index (κ3) is 5.88. The molecule has 0 aliphatic rings. The maximum absolute atomic E-state index is 12.5. The number of hydrogen-bond donors (Lipinski definition) is 2. The highest BCUT2D eigenvalue weighted by atomic mass is 16.5. The number of benzene rings is 2. The van der Waals surface area contributed by atoms with Crippen LogP contribution in [-0.2, 0) is 4.74 Å². The van der Waals surface area contributed by atoms with Crippen LogP contribution < -0.4 is 15.4 Å². The number of anilines is 1. The Morgan fingerprint density at radius 1 is 0.828 bits per heavy atom. The molecule has 0 saturated carbocycles. The van der Waals surface area contributed by atoms with Crippen molar-refractivity contribution in [3.63, 3.8) is 0 Å². The largest absolute Gasteiger partial charge is 0.457 e. The summed E-state index contributed by atoms with van der Waals surface area (Å²) in [5, 5.41) is 5.43. The van der Waals surface area contributed by atoms with Crippen molar-refractivity contribution in [2.45, 2.75) is 0 Å². The van der Waals surface area contributed by atoms with E-state index in [1.165, 1.54) is 0 Å². The summed E-state index contributed by atoms with van der Waals surface area (Å²) in [4.78, 5) is 28.7. The summed E-state index contributed by atoms with van der Waals surface area (Å²) in [6.45, 7) is 0.765. The molecule has 2 aromatic carbocycles. The molecule has 2 amide bonds. The molecule has 1 heterocycles. The van der Waals surface area contributed by atoms with Crippen LogP contribution in [0.15, 0.2) is 72.8 Å². The van der Waals surface area contributed by atoms with Gasteiger partial charge in [-0.25, -0.2) is 4.98 Å². The number of hydrogen-bond acceptors (Lipinski definition) is 5. The van der Waals surface area contributed by atoms with Crippen LogP contribution in [0.3, 0.4) is 0 Å². The summed E-state index contributed by atoms with van der Waals surface area (Å²) in [6, 6.07) is 21.1. The summed E-state index contributed by atoms with van der Waals surface area (Å²) in [5.74, 6) is 0.614. The molecule has 0 unspecified atom stereocenters. The molecule has 0 aliphatic heterocycles. The number of nitrogens with one attached hydrogen (secondary N) is 2. The standard InChI is InChI=1S/C22H21N3O4/c1-28-15-14-23-21(26)19-8-5-9-20(25-19)22(27)24-16-10-12-18(13-11-16)29-17-6-3-2-4-7-17/h2-13H,14-15H2,1H3,(H,23,26)(H,24,27). The number of carbonyl (C=O) groups is 2. The number of methoxy groups -OCH3 is 1. The average molecular weight is 391 g/mol. The number of amides is 2. The molecule has 7 nitrogen and oxygen atoms in total. The van der Waals surface area contributed by atoms with Gasteiger partial charge >= 0.3 is 0 Å². The fourth-order valence-electron chi connectivity index (χ4n) is 2.47. The molecular formula is C22H21N3O4. The molecule has 0 aliphatic carbocycles. The van der Waals surface area contributed by atoms with Gasteiger partial charge in [-0.1, -0.05) is 24.3 Å². The number of ether oxygens (including phenoxy) is 2. The zero-order valence-electron chi connectivity index (χ0n) is 15.9. The smallest absolute Gasteiger partial charge is 0.274 e. The Hall–Kier alpha value is -3.71. The molecule has 0 saturated heterocycles. The van der Waals surface area contributed by atoms with E-state index in [0.717, 1.165) is 5.75 Å². The number of para-hydroxylation sites is 1. The number of aromatic nitrogens is 1. The van der Waals surface area contributed by atoms with Gasteiger partial charge in [-0.3, -0.25) is 9.59 Å². The van der Waals surface area contributed by atoms with Crippen LogP contribution in [0.5, 0.6) is 11.5 Å². The molecule has 0 bridgehead atoms. The first-order valence-corrected chi connectivity index (χ1v) is 9.04. The fourth-order valence-corrected chi connectivity index (χ4v) is 2.47. The van der Waals surface area contributed by atoms with Crippen molar-refractivity contribution in [1.29, 1.82) is 0 Å². The minimum absolute atomic E-state index is 0.147. The van der Waals surface area contributed by atoms with Crippen molar-refractivity contribution in [2.24, 2.45) is 0 Å². The summed E-state index contributed by atoms with van der Waals surface area (Å²) in [5.41, 5.74) is 0.904. The van der Waals surface area contributed by atoms with Gasteiger partial charge in [0, 0.05) is 19.3 Å². The SMILES string of the molecule is COCCNC(=O)c1cccc(C(=O)Nc2ccc(Oc3ccccc3)cc2)n1. The molecule has 148 valence electrons. The van der Waals surface area contributed by atoms with Gasteiger partial charge < -0.3 is 20.1 Å². The Bertz CT molecular complexity index is 959. The van der Waals surface area contributed by atoms with Crippen LogP contribution in [0.25, 0.3) is 0 Å². The minimum Gasteiger partial charge on any atom is -0.457 e. The minimum atomic E-state index is -0.409. The fraction of sp³-hybridized carbons (Fsp3) is 0.136. The second-order valence-electron chi connectivity index (χ2n) is 6.05. The molecule has 0 spiro atoms. The van der Waals surface area contributed by atoms with Crippen LogP contribution in [0, 0.1) is 0 Å². The Morgan fingerprint density at radius 2 is 1.48 bits per heavy atom. The first kappa shape index (κ1) is 20.0. The molecule has 0 radical (unpaired) electrons. The number of rotatable bonds is 8. The van der Waals surface area contributed by atoms with E-state index in [-0.39, 0.29) is 17.3 Å². The monoisotopic (exact) mass is 391 g/mol. The maximum Gasteiger partial charge on any atom is 0.274 e. The first-order chi connectivity index (χ1) is 14.2. The topological polar surface area (TPSA) is 89.5 Å². The van der Waals surface area contributed by atoms with E-state index in [4.69, 9.17) is 9.47 Å². The zero-order valence-corrected chi connectivity index (χ0v) is 15.9. The van der Waals surface area contributed by atoms with Crippen LogP contribution in [0.4, 0.5) is 5.69 Å². The zero-order chi connectivity index (χ0) is 20.5. The molecule has 1 aromatic heterocycles. The maximum atomic E-state index is 12.5. The predicted octanol–water partition coefficient (Wildman–Crippen LogP) is 3.50. The van der Waals surface area contributed by atoms with Gasteiger partial charge in [-0.2, -0.15) is 0 Å². The number of carbonyl (C=O) groups excluding carboxylic acids is 2. The molecule has 29 heavy (non-hydrogen) atoms.